The summed E-state index contributed by atoms with van der Waals surface area (Å²) in [4.78, 5) is 34.8. The lowest BCUT2D eigenvalue weighted by Crippen LogP contribution is -2.42. The monoisotopic (exact) mass is 487 g/mol. The van der Waals surface area contributed by atoms with Crippen LogP contribution in [-0.2, 0) is 23.2 Å². The number of aliphatic hydroxyl groups excluding tert-OH is 1. The molecule has 2 N–H and O–H groups in total. The van der Waals surface area contributed by atoms with E-state index in [1.165, 1.54) is 23.1 Å². The van der Waals surface area contributed by atoms with Crippen molar-refractivity contribution >= 4 is 29.1 Å². The zero-order chi connectivity index (χ0) is 23.3. The van der Waals surface area contributed by atoms with Gasteiger partial charge in [-0.1, -0.05) is 47.5 Å². The van der Waals surface area contributed by atoms with Crippen LogP contribution in [0.3, 0.4) is 0 Å². The molecule has 3 aromatic rings. The van der Waals surface area contributed by atoms with Crippen LogP contribution in [0.2, 0.25) is 10.0 Å². The van der Waals surface area contributed by atoms with Crippen molar-refractivity contribution in [1.29, 1.82) is 0 Å². The van der Waals surface area contributed by atoms with Gasteiger partial charge in [-0.2, -0.15) is 0 Å². The summed E-state index contributed by atoms with van der Waals surface area (Å²) in [5.41, 5.74) is 1.15. The van der Waals surface area contributed by atoms with Crippen molar-refractivity contribution in [3.8, 4) is 0 Å². The second kappa shape index (κ2) is 8.24. The summed E-state index contributed by atoms with van der Waals surface area (Å²) >= 11 is 11.9. The van der Waals surface area contributed by atoms with E-state index in [2.05, 4.69) is 4.98 Å². The third kappa shape index (κ3) is 3.84. The first-order valence-corrected chi connectivity index (χ1v) is 11.3. The highest BCUT2D eigenvalue weighted by atomic mass is 35.5. The number of rotatable bonds is 4. The van der Waals surface area contributed by atoms with Gasteiger partial charge in [0.05, 0.1) is 28.2 Å². The van der Waals surface area contributed by atoms with Crippen LogP contribution >= 0.6 is 23.2 Å². The van der Waals surface area contributed by atoms with Crippen LogP contribution in [0.25, 0.3) is 0 Å². The molecule has 1 aliphatic carbocycles. The van der Waals surface area contributed by atoms with Crippen LogP contribution in [0.15, 0.2) is 47.3 Å². The molecule has 1 saturated carbocycles. The quantitative estimate of drug-likeness (QED) is 0.583. The molecule has 0 radical (unpaired) electrons. The molecule has 5 rings (SSSR count). The van der Waals surface area contributed by atoms with Crippen LogP contribution in [0.1, 0.15) is 47.2 Å². The molecule has 0 saturated heterocycles. The van der Waals surface area contributed by atoms with Crippen molar-refractivity contribution in [2.75, 3.05) is 6.54 Å². The van der Waals surface area contributed by atoms with E-state index in [-0.39, 0.29) is 34.6 Å². The lowest BCUT2D eigenvalue weighted by Gasteiger charge is -2.30. The number of carbonyl (C=O) groups excluding carboxylic acids is 1. The Kier molecular flexibility index (Phi) is 5.51. The number of fused-ring (bicyclic) bond motifs is 1. The van der Waals surface area contributed by atoms with E-state index in [4.69, 9.17) is 28.2 Å². The molecule has 1 fully saturated rings. The average Bonchev–Trinajstić information content (AvgIpc) is 3.62. The van der Waals surface area contributed by atoms with Crippen LogP contribution in [0.5, 0.6) is 0 Å². The van der Waals surface area contributed by atoms with Crippen molar-refractivity contribution in [3.63, 3.8) is 0 Å². The predicted molar refractivity (Wildman–Crippen MR) is 122 cm³/mol. The molecule has 2 aliphatic rings. The Balaban J connectivity index is 1.41. The summed E-state index contributed by atoms with van der Waals surface area (Å²) in [7, 11) is 0. The van der Waals surface area contributed by atoms with Gasteiger partial charge in [0.15, 0.2) is 6.10 Å². The van der Waals surface area contributed by atoms with Gasteiger partial charge in [0.1, 0.15) is 11.6 Å². The number of carbonyl (C=O) groups is 1. The second-order valence-corrected chi connectivity index (χ2v) is 9.33. The minimum absolute atomic E-state index is 0.0137. The van der Waals surface area contributed by atoms with E-state index >= 15 is 0 Å². The molecule has 1 aliphatic heterocycles. The summed E-state index contributed by atoms with van der Waals surface area (Å²) in [6.45, 7) is 0.241. The first-order valence-electron chi connectivity index (χ1n) is 10.6. The number of halogens is 3. The number of aromatic nitrogens is 2. The standard InChI is InChI=1S/C24H20Cl2FN3O3/c25-14-4-1-3-13(11-14)24(8-9-24)23-28-18-7-10-30(12-16(18)21(32)29-23)22(33)20(31)15-5-2-6-17(26)19(15)27/h1-6,11,20,31H,7-10,12H2,(H,28,29,32). The van der Waals surface area contributed by atoms with Gasteiger partial charge in [0, 0.05) is 23.6 Å². The number of hydrogen-bond donors (Lipinski definition) is 2. The van der Waals surface area contributed by atoms with E-state index in [1.54, 1.807) is 6.07 Å². The summed E-state index contributed by atoms with van der Waals surface area (Å²) in [6, 6.07) is 11.7. The third-order valence-electron chi connectivity index (χ3n) is 6.47. The normalized spacial score (nSPS) is 17.4. The zero-order valence-electron chi connectivity index (χ0n) is 17.4. The van der Waals surface area contributed by atoms with Crippen LogP contribution < -0.4 is 5.56 Å². The fourth-order valence-corrected chi connectivity index (χ4v) is 4.82. The minimum atomic E-state index is -1.71. The average molecular weight is 488 g/mol. The van der Waals surface area contributed by atoms with Gasteiger partial charge in [-0.25, -0.2) is 9.37 Å². The largest absolute Gasteiger partial charge is 0.378 e. The fraction of sp³-hybridized carbons (Fsp3) is 0.292. The molecule has 2 aromatic carbocycles. The lowest BCUT2D eigenvalue weighted by molar-refractivity contribution is -0.141. The van der Waals surface area contributed by atoms with Gasteiger partial charge in [0.2, 0.25) is 0 Å². The smallest absolute Gasteiger partial charge is 0.256 e. The second-order valence-electron chi connectivity index (χ2n) is 8.49. The molecule has 1 unspecified atom stereocenters. The van der Waals surface area contributed by atoms with E-state index in [0.717, 1.165) is 18.4 Å². The molecule has 1 aromatic heterocycles. The molecule has 9 heteroatoms. The van der Waals surface area contributed by atoms with Gasteiger partial charge in [0.25, 0.3) is 11.5 Å². The summed E-state index contributed by atoms with van der Waals surface area (Å²) in [6.07, 6.45) is 0.358. The Bertz CT molecular complexity index is 1320. The molecule has 1 atom stereocenters. The Labute approximate surface area is 199 Å². The molecule has 0 bridgehead atoms. The van der Waals surface area contributed by atoms with E-state index in [1.807, 2.05) is 18.2 Å². The number of benzene rings is 2. The molecule has 170 valence electrons. The molecular weight excluding hydrogens is 468 g/mol. The van der Waals surface area contributed by atoms with Gasteiger partial charge in [-0.15, -0.1) is 0 Å². The number of aromatic amines is 1. The number of nitrogens with zero attached hydrogens (tertiary/aromatic N) is 2. The molecule has 33 heavy (non-hydrogen) atoms. The summed E-state index contributed by atoms with van der Waals surface area (Å²) < 4.78 is 14.3. The highest BCUT2D eigenvalue weighted by Gasteiger charge is 2.49. The van der Waals surface area contributed by atoms with Gasteiger partial charge >= 0.3 is 0 Å². The first kappa shape index (κ1) is 22.1. The van der Waals surface area contributed by atoms with Crippen LogP contribution in [0, 0.1) is 5.82 Å². The minimum Gasteiger partial charge on any atom is -0.378 e. The maximum Gasteiger partial charge on any atom is 0.256 e. The molecule has 0 spiro atoms. The molecule has 1 amide bonds. The number of amides is 1. The zero-order valence-corrected chi connectivity index (χ0v) is 19.0. The van der Waals surface area contributed by atoms with Gasteiger partial charge in [-0.3, -0.25) is 9.59 Å². The van der Waals surface area contributed by atoms with Crippen molar-refractivity contribution in [3.05, 3.63) is 96.9 Å². The molecular formula is C24H20Cl2FN3O3. The van der Waals surface area contributed by atoms with E-state index in [9.17, 15) is 19.1 Å². The van der Waals surface area contributed by atoms with E-state index in [0.29, 0.717) is 28.5 Å². The van der Waals surface area contributed by atoms with Gasteiger partial charge in [-0.05, 0) is 36.6 Å². The molecule has 2 heterocycles. The third-order valence-corrected chi connectivity index (χ3v) is 7.00. The Morgan fingerprint density at radius 2 is 1.97 bits per heavy atom. The Morgan fingerprint density at radius 3 is 2.70 bits per heavy atom. The van der Waals surface area contributed by atoms with Crippen LogP contribution in [0.4, 0.5) is 4.39 Å². The highest BCUT2D eigenvalue weighted by molar-refractivity contribution is 6.31. The Hall–Kier alpha value is -2.74. The number of nitrogens with one attached hydrogen (secondary N) is 1. The maximum absolute atomic E-state index is 14.3. The van der Waals surface area contributed by atoms with E-state index < -0.39 is 17.8 Å². The van der Waals surface area contributed by atoms with Crippen molar-refractivity contribution in [1.82, 2.24) is 14.9 Å². The maximum atomic E-state index is 14.3. The highest BCUT2D eigenvalue weighted by Crippen LogP contribution is 2.52. The summed E-state index contributed by atoms with van der Waals surface area (Å²) in [5, 5.41) is 10.9. The van der Waals surface area contributed by atoms with Crippen LogP contribution in [-0.4, -0.2) is 32.4 Å². The fourth-order valence-electron chi connectivity index (χ4n) is 4.45. The SMILES string of the molecule is O=C(C(O)c1cccc(Cl)c1F)N1CCc2nc(C3(c4cccc(Cl)c4)CC3)[nH]c(=O)c2C1. The number of H-pyrrole nitrogens is 1. The summed E-state index contributed by atoms with van der Waals surface area (Å²) in [5.74, 6) is -0.922. The topological polar surface area (TPSA) is 86.3 Å². The van der Waals surface area contributed by atoms with Gasteiger partial charge < -0.3 is 15.0 Å². The number of aliphatic hydroxyl groups is 1. The predicted octanol–water partition coefficient (Wildman–Crippen LogP) is 3.91. The van der Waals surface area contributed by atoms with Crippen molar-refractivity contribution in [2.24, 2.45) is 0 Å². The number of hydrogen-bond acceptors (Lipinski definition) is 4. The van der Waals surface area contributed by atoms with Crippen molar-refractivity contribution in [2.45, 2.75) is 37.3 Å². The first-order chi connectivity index (χ1) is 15.8. The Morgan fingerprint density at radius 1 is 1.21 bits per heavy atom. The molecule has 6 nitrogen and oxygen atoms in total. The lowest BCUT2D eigenvalue weighted by atomic mass is 9.94. The van der Waals surface area contributed by atoms with Crippen molar-refractivity contribution < 1.29 is 14.3 Å².